The van der Waals surface area contributed by atoms with Gasteiger partial charge in [0.25, 0.3) is 0 Å². The second-order valence-corrected chi connectivity index (χ2v) is 7.39. The number of ether oxygens (including phenoxy) is 2. The van der Waals surface area contributed by atoms with Crippen LogP contribution in [0.3, 0.4) is 0 Å². The van der Waals surface area contributed by atoms with Gasteiger partial charge in [0.05, 0.1) is 23.0 Å². The molecule has 0 aliphatic rings. The van der Waals surface area contributed by atoms with Gasteiger partial charge in [-0.3, -0.25) is 0 Å². The van der Waals surface area contributed by atoms with E-state index in [1.54, 1.807) is 60.3 Å². The fraction of sp³-hybridized carbons (Fsp3) is 0.115. The fourth-order valence-electron chi connectivity index (χ4n) is 3.13. The average molecular weight is 459 g/mol. The highest BCUT2D eigenvalue weighted by atomic mass is 19.1. The van der Waals surface area contributed by atoms with Crippen LogP contribution in [-0.2, 0) is 18.5 Å². The summed E-state index contributed by atoms with van der Waals surface area (Å²) in [4.78, 5) is 17.6. The van der Waals surface area contributed by atoms with Gasteiger partial charge >= 0.3 is 5.97 Å². The predicted octanol–water partition coefficient (Wildman–Crippen LogP) is 5.43. The third kappa shape index (κ3) is 5.66. The predicted molar refractivity (Wildman–Crippen MR) is 125 cm³/mol. The zero-order valence-electron chi connectivity index (χ0n) is 18.6. The van der Waals surface area contributed by atoms with E-state index in [0.29, 0.717) is 34.2 Å². The number of aromatic nitrogens is 2. The third-order valence-corrected chi connectivity index (χ3v) is 4.87. The molecule has 3 aromatic carbocycles. The Morgan fingerprint density at radius 2 is 1.68 bits per heavy atom. The quantitative estimate of drug-likeness (QED) is 0.152. The first kappa shape index (κ1) is 22.7. The molecular weight excluding hydrogens is 437 g/mol. The molecule has 0 spiro atoms. The van der Waals surface area contributed by atoms with Gasteiger partial charge in [0.2, 0.25) is 5.88 Å². The van der Waals surface area contributed by atoms with Crippen molar-refractivity contribution in [1.82, 2.24) is 9.78 Å². The van der Waals surface area contributed by atoms with Crippen molar-refractivity contribution in [2.24, 2.45) is 12.2 Å². The van der Waals surface area contributed by atoms with Crippen molar-refractivity contribution in [1.29, 1.82) is 0 Å². The van der Waals surface area contributed by atoms with Gasteiger partial charge in [-0.2, -0.15) is 5.10 Å². The van der Waals surface area contributed by atoms with E-state index < -0.39 is 5.97 Å². The first-order chi connectivity index (χ1) is 16.5. The summed E-state index contributed by atoms with van der Waals surface area (Å²) >= 11 is 0. The second-order valence-electron chi connectivity index (χ2n) is 7.39. The summed E-state index contributed by atoms with van der Waals surface area (Å²) in [6.45, 7) is 2.05. The number of hydrogen-bond acceptors (Lipinski definition) is 6. The smallest absolute Gasteiger partial charge is 0.343 e. The van der Waals surface area contributed by atoms with Crippen LogP contribution in [-0.4, -0.2) is 22.0 Å². The Kier molecular flexibility index (Phi) is 6.98. The molecule has 0 saturated heterocycles. The summed E-state index contributed by atoms with van der Waals surface area (Å²) in [5, 5.41) is 8.38. The highest BCUT2D eigenvalue weighted by molar-refractivity contribution is 5.90. The summed E-state index contributed by atoms with van der Waals surface area (Å²) in [7, 11) is 1.75. The van der Waals surface area contributed by atoms with Gasteiger partial charge in [0, 0.05) is 7.05 Å². The Bertz CT molecular complexity index is 1280. The van der Waals surface area contributed by atoms with Crippen molar-refractivity contribution in [3.8, 4) is 17.4 Å². The lowest BCUT2D eigenvalue weighted by Gasteiger charge is -2.07. The number of benzene rings is 3. The minimum atomic E-state index is -0.417. The van der Waals surface area contributed by atoms with Crippen molar-refractivity contribution < 1.29 is 23.5 Å². The Labute approximate surface area is 196 Å². The van der Waals surface area contributed by atoms with Crippen LogP contribution in [0.4, 0.5) is 4.39 Å². The standard InChI is InChI=1S/C26H22FN3O4/c1-18-24(25(30(2)29-18)33-22-14-10-21(27)11-15-22)16-28-32-17-19-8-12-23(13-9-19)34-26(31)20-6-4-3-5-7-20/h3-16H,17H2,1-2H3/b28-16+. The first-order valence-electron chi connectivity index (χ1n) is 10.5. The van der Waals surface area contributed by atoms with Crippen LogP contribution in [0, 0.1) is 12.7 Å². The highest BCUT2D eigenvalue weighted by Crippen LogP contribution is 2.26. The van der Waals surface area contributed by atoms with Gasteiger partial charge in [0.15, 0.2) is 0 Å². The van der Waals surface area contributed by atoms with Gasteiger partial charge < -0.3 is 14.3 Å². The Balaban J connectivity index is 1.34. The second kappa shape index (κ2) is 10.4. The largest absolute Gasteiger partial charge is 0.439 e. The number of carbonyl (C=O) groups excluding carboxylic acids is 1. The van der Waals surface area contributed by atoms with Crippen LogP contribution in [0.5, 0.6) is 17.4 Å². The van der Waals surface area contributed by atoms with E-state index in [2.05, 4.69) is 10.3 Å². The van der Waals surface area contributed by atoms with Gasteiger partial charge in [0.1, 0.15) is 23.9 Å². The number of halogens is 1. The molecule has 0 amide bonds. The summed E-state index contributed by atoms with van der Waals surface area (Å²) in [6, 6.07) is 21.5. The van der Waals surface area contributed by atoms with Gasteiger partial charge in [-0.25, -0.2) is 13.9 Å². The summed E-state index contributed by atoms with van der Waals surface area (Å²) in [6.07, 6.45) is 1.52. The summed E-state index contributed by atoms with van der Waals surface area (Å²) in [5.74, 6) is 0.620. The maximum absolute atomic E-state index is 13.1. The van der Waals surface area contributed by atoms with Crippen LogP contribution in [0.15, 0.2) is 84.0 Å². The van der Waals surface area contributed by atoms with Crippen molar-refractivity contribution in [3.63, 3.8) is 0 Å². The molecule has 0 aliphatic carbocycles. The SMILES string of the molecule is Cc1nn(C)c(Oc2ccc(F)cc2)c1/C=N/OCc1ccc(OC(=O)c2ccccc2)cc1. The molecule has 1 aromatic heterocycles. The Hall–Kier alpha value is -4.46. The zero-order chi connectivity index (χ0) is 23.9. The molecule has 0 N–H and O–H groups in total. The molecule has 0 fully saturated rings. The minimum Gasteiger partial charge on any atom is -0.439 e. The lowest BCUT2D eigenvalue weighted by molar-refractivity contribution is 0.0734. The van der Waals surface area contributed by atoms with Crippen LogP contribution < -0.4 is 9.47 Å². The average Bonchev–Trinajstić information content (AvgIpc) is 3.11. The van der Waals surface area contributed by atoms with Crippen molar-refractivity contribution in [2.45, 2.75) is 13.5 Å². The Morgan fingerprint density at radius 1 is 1.00 bits per heavy atom. The molecule has 0 unspecified atom stereocenters. The highest BCUT2D eigenvalue weighted by Gasteiger charge is 2.14. The number of esters is 1. The van der Waals surface area contributed by atoms with Gasteiger partial charge in [-0.15, -0.1) is 0 Å². The zero-order valence-corrected chi connectivity index (χ0v) is 18.6. The Morgan fingerprint density at radius 3 is 2.38 bits per heavy atom. The van der Waals surface area contributed by atoms with E-state index >= 15 is 0 Å². The molecule has 0 bridgehead atoms. The number of oxime groups is 1. The number of rotatable bonds is 8. The fourth-order valence-corrected chi connectivity index (χ4v) is 3.13. The van der Waals surface area contributed by atoms with Crippen molar-refractivity contribution in [2.75, 3.05) is 0 Å². The van der Waals surface area contributed by atoms with E-state index in [1.165, 1.54) is 30.5 Å². The molecular formula is C26H22FN3O4. The number of nitrogens with zero attached hydrogens (tertiary/aromatic N) is 3. The van der Waals surface area contributed by atoms with Crippen molar-refractivity contribution >= 4 is 12.2 Å². The third-order valence-electron chi connectivity index (χ3n) is 4.87. The molecule has 0 aliphatic heterocycles. The normalized spacial score (nSPS) is 10.9. The molecule has 172 valence electrons. The van der Waals surface area contributed by atoms with E-state index in [1.807, 2.05) is 13.0 Å². The van der Waals surface area contributed by atoms with Gasteiger partial charge in [-0.05, 0) is 61.0 Å². The number of carbonyl (C=O) groups is 1. The molecule has 0 saturated carbocycles. The molecule has 0 atom stereocenters. The summed E-state index contributed by atoms with van der Waals surface area (Å²) < 4.78 is 26.0. The van der Waals surface area contributed by atoms with E-state index in [0.717, 1.165) is 5.56 Å². The van der Waals surface area contributed by atoms with Crippen LogP contribution in [0.1, 0.15) is 27.2 Å². The topological polar surface area (TPSA) is 74.9 Å². The molecule has 7 nitrogen and oxygen atoms in total. The van der Waals surface area contributed by atoms with E-state index in [9.17, 15) is 9.18 Å². The van der Waals surface area contributed by atoms with E-state index in [-0.39, 0.29) is 12.4 Å². The molecule has 8 heteroatoms. The number of hydrogen-bond donors (Lipinski definition) is 0. The summed E-state index contributed by atoms with van der Waals surface area (Å²) in [5.41, 5.74) is 2.69. The monoisotopic (exact) mass is 459 g/mol. The molecule has 1 heterocycles. The first-order valence-corrected chi connectivity index (χ1v) is 10.5. The molecule has 4 aromatic rings. The molecule has 4 rings (SSSR count). The molecule has 0 radical (unpaired) electrons. The maximum Gasteiger partial charge on any atom is 0.343 e. The van der Waals surface area contributed by atoms with Crippen LogP contribution >= 0.6 is 0 Å². The van der Waals surface area contributed by atoms with Gasteiger partial charge in [-0.1, -0.05) is 35.5 Å². The van der Waals surface area contributed by atoms with Crippen LogP contribution in [0.2, 0.25) is 0 Å². The van der Waals surface area contributed by atoms with Crippen molar-refractivity contribution in [3.05, 3.63) is 107 Å². The molecule has 34 heavy (non-hydrogen) atoms. The van der Waals surface area contributed by atoms with Crippen LogP contribution in [0.25, 0.3) is 0 Å². The maximum atomic E-state index is 13.1. The number of aryl methyl sites for hydroxylation is 2. The minimum absolute atomic E-state index is 0.219. The van der Waals surface area contributed by atoms with E-state index in [4.69, 9.17) is 14.3 Å². The lowest BCUT2D eigenvalue weighted by Crippen LogP contribution is -2.08. The lowest BCUT2D eigenvalue weighted by atomic mass is 10.2.